The number of amides is 2. The predicted molar refractivity (Wildman–Crippen MR) is 70.2 cm³/mol. The van der Waals surface area contributed by atoms with Gasteiger partial charge in [-0.25, -0.2) is 4.79 Å². The van der Waals surface area contributed by atoms with Crippen LogP contribution in [0, 0.1) is 6.92 Å². The van der Waals surface area contributed by atoms with Gasteiger partial charge in [0.25, 0.3) is 5.91 Å². The Labute approximate surface area is 116 Å². The molecule has 0 radical (unpaired) electrons. The molecular formula is C12H19N5O3. The zero-order valence-electron chi connectivity index (χ0n) is 11.7. The standard InChI is InChI=1S/C12H19N5O3/c1-3-20-12(19)17-6-4-9(5-7-17)13-11(18)10-8(2)14-16-15-10/h9H,3-7H2,1-2H3,(H,13,18)(H,14,15,16). The molecule has 0 aliphatic carbocycles. The maximum Gasteiger partial charge on any atom is 0.409 e. The summed E-state index contributed by atoms with van der Waals surface area (Å²) in [4.78, 5) is 25.2. The number of rotatable bonds is 3. The van der Waals surface area contributed by atoms with Gasteiger partial charge in [0, 0.05) is 19.1 Å². The van der Waals surface area contributed by atoms with Gasteiger partial charge in [-0.15, -0.1) is 0 Å². The molecule has 0 atom stereocenters. The lowest BCUT2D eigenvalue weighted by Crippen LogP contribution is -2.46. The molecule has 2 N–H and O–H groups in total. The van der Waals surface area contributed by atoms with Crippen molar-refractivity contribution in [3.63, 3.8) is 0 Å². The molecule has 0 saturated carbocycles. The number of aromatic nitrogens is 3. The first-order chi connectivity index (χ1) is 9.61. The van der Waals surface area contributed by atoms with Crippen molar-refractivity contribution in [2.75, 3.05) is 19.7 Å². The van der Waals surface area contributed by atoms with Crippen molar-refractivity contribution in [2.45, 2.75) is 32.7 Å². The molecule has 1 aliphatic heterocycles. The molecule has 8 heteroatoms. The summed E-state index contributed by atoms with van der Waals surface area (Å²) in [6.45, 7) is 5.05. The van der Waals surface area contributed by atoms with Gasteiger partial charge in [-0.1, -0.05) is 0 Å². The Kier molecular flexibility index (Phi) is 4.54. The van der Waals surface area contributed by atoms with E-state index in [1.165, 1.54) is 0 Å². The summed E-state index contributed by atoms with van der Waals surface area (Å²) in [5, 5.41) is 13.0. The SMILES string of the molecule is CCOC(=O)N1CCC(NC(=O)c2n[nH]nc2C)CC1. The van der Waals surface area contributed by atoms with Crippen LogP contribution < -0.4 is 5.32 Å². The zero-order chi connectivity index (χ0) is 14.5. The van der Waals surface area contributed by atoms with Gasteiger partial charge >= 0.3 is 6.09 Å². The highest BCUT2D eigenvalue weighted by molar-refractivity contribution is 5.93. The normalized spacial score (nSPS) is 16.0. The number of piperidine rings is 1. The second kappa shape index (κ2) is 6.36. The molecule has 1 aliphatic rings. The van der Waals surface area contributed by atoms with Gasteiger partial charge in [-0.05, 0) is 26.7 Å². The van der Waals surface area contributed by atoms with Crippen LogP contribution in [0.1, 0.15) is 35.9 Å². The van der Waals surface area contributed by atoms with Crippen LogP contribution in [0.3, 0.4) is 0 Å². The van der Waals surface area contributed by atoms with Crippen molar-refractivity contribution >= 4 is 12.0 Å². The lowest BCUT2D eigenvalue weighted by atomic mass is 10.1. The number of likely N-dealkylation sites (tertiary alicyclic amines) is 1. The zero-order valence-corrected chi connectivity index (χ0v) is 11.7. The van der Waals surface area contributed by atoms with Gasteiger partial charge in [-0.2, -0.15) is 15.4 Å². The fourth-order valence-electron chi connectivity index (χ4n) is 2.17. The van der Waals surface area contributed by atoms with Crippen molar-refractivity contribution in [2.24, 2.45) is 0 Å². The van der Waals surface area contributed by atoms with E-state index in [1.807, 2.05) is 0 Å². The number of nitrogens with one attached hydrogen (secondary N) is 2. The highest BCUT2D eigenvalue weighted by atomic mass is 16.6. The van der Waals surface area contributed by atoms with Gasteiger partial charge in [0.1, 0.15) is 0 Å². The Morgan fingerprint density at radius 3 is 2.65 bits per heavy atom. The minimum absolute atomic E-state index is 0.0456. The highest BCUT2D eigenvalue weighted by Gasteiger charge is 2.25. The lowest BCUT2D eigenvalue weighted by Gasteiger charge is -2.31. The monoisotopic (exact) mass is 281 g/mol. The summed E-state index contributed by atoms with van der Waals surface area (Å²) in [7, 11) is 0. The van der Waals surface area contributed by atoms with Crippen LogP contribution in [0.2, 0.25) is 0 Å². The van der Waals surface area contributed by atoms with Gasteiger partial charge < -0.3 is 15.0 Å². The van der Waals surface area contributed by atoms with Crippen molar-refractivity contribution in [1.29, 1.82) is 0 Å². The molecule has 1 fully saturated rings. The van der Waals surface area contributed by atoms with Crippen LogP contribution in [0.25, 0.3) is 0 Å². The summed E-state index contributed by atoms with van der Waals surface area (Å²) in [5.74, 6) is -0.231. The number of nitrogens with zero attached hydrogens (tertiary/aromatic N) is 3. The molecule has 2 rings (SSSR count). The Balaban J connectivity index is 1.81. The van der Waals surface area contributed by atoms with E-state index in [2.05, 4.69) is 20.7 Å². The lowest BCUT2D eigenvalue weighted by molar-refractivity contribution is 0.0856. The average Bonchev–Trinajstić information content (AvgIpc) is 2.86. The minimum Gasteiger partial charge on any atom is -0.450 e. The second-order valence-corrected chi connectivity index (χ2v) is 4.69. The smallest absolute Gasteiger partial charge is 0.409 e. The van der Waals surface area contributed by atoms with Gasteiger partial charge in [0.15, 0.2) is 5.69 Å². The fraction of sp³-hybridized carbons (Fsp3) is 0.667. The summed E-state index contributed by atoms with van der Waals surface area (Å²) in [6.07, 6.45) is 1.13. The van der Waals surface area contributed by atoms with E-state index >= 15 is 0 Å². The number of aryl methyl sites for hydroxylation is 1. The van der Waals surface area contributed by atoms with E-state index in [-0.39, 0.29) is 18.0 Å². The Hall–Kier alpha value is -2.12. The van der Waals surface area contributed by atoms with Crippen LogP contribution in [0.4, 0.5) is 4.79 Å². The molecular weight excluding hydrogens is 262 g/mol. The van der Waals surface area contributed by atoms with E-state index < -0.39 is 0 Å². The Morgan fingerprint density at radius 1 is 1.40 bits per heavy atom. The van der Waals surface area contributed by atoms with Gasteiger partial charge in [0.05, 0.1) is 12.3 Å². The number of H-pyrrole nitrogens is 1. The Morgan fingerprint density at radius 2 is 2.10 bits per heavy atom. The van der Waals surface area contributed by atoms with E-state index in [4.69, 9.17) is 4.74 Å². The van der Waals surface area contributed by atoms with E-state index in [9.17, 15) is 9.59 Å². The first-order valence-corrected chi connectivity index (χ1v) is 6.71. The molecule has 20 heavy (non-hydrogen) atoms. The van der Waals surface area contributed by atoms with Crippen molar-refractivity contribution in [1.82, 2.24) is 25.6 Å². The van der Waals surface area contributed by atoms with Crippen LogP contribution in [0.5, 0.6) is 0 Å². The van der Waals surface area contributed by atoms with E-state index in [1.54, 1.807) is 18.7 Å². The second-order valence-electron chi connectivity index (χ2n) is 4.69. The summed E-state index contributed by atoms with van der Waals surface area (Å²) in [6, 6.07) is 0.0456. The molecule has 0 unspecified atom stereocenters. The molecule has 2 heterocycles. The van der Waals surface area contributed by atoms with Crippen molar-refractivity contribution in [3.8, 4) is 0 Å². The van der Waals surface area contributed by atoms with Gasteiger partial charge in [0.2, 0.25) is 0 Å². The summed E-state index contributed by atoms with van der Waals surface area (Å²) >= 11 is 0. The maximum atomic E-state index is 12.0. The molecule has 1 saturated heterocycles. The van der Waals surface area contributed by atoms with Crippen LogP contribution in [0.15, 0.2) is 0 Å². The van der Waals surface area contributed by atoms with Gasteiger partial charge in [-0.3, -0.25) is 4.79 Å². The fourth-order valence-corrected chi connectivity index (χ4v) is 2.17. The first kappa shape index (κ1) is 14.3. The topological polar surface area (TPSA) is 100 Å². The van der Waals surface area contributed by atoms with E-state index in [0.29, 0.717) is 43.9 Å². The highest BCUT2D eigenvalue weighted by Crippen LogP contribution is 2.12. The Bertz CT molecular complexity index is 479. The molecule has 110 valence electrons. The molecule has 8 nitrogen and oxygen atoms in total. The molecule has 1 aromatic heterocycles. The molecule has 0 aromatic carbocycles. The van der Waals surface area contributed by atoms with Crippen LogP contribution >= 0.6 is 0 Å². The first-order valence-electron chi connectivity index (χ1n) is 6.71. The molecule has 2 amide bonds. The third kappa shape index (κ3) is 3.25. The average molecular weight is 281 g/mol. The molecule has 0 bridgehead atoms. The largest absolute Gasteiger partial charge is 0.450 e. The molecule has 1 aromatic rings. The van der Waals surface area contributed by atoms with Crippen LogP contribution in [-0.2, 0) is 4.74 Å². The maximum absolute atomic E-state index is 12.0. The number of hydrogen-bond acceptors (Lipinski definition) is 5. The van der Waals surface area contributed by atoms with Crippen molar-refractivity contribution in [3.05, 3.63) is 11.4 Å². The summed E-state index contributed by atoms with van der Waals surface area (Å²) < 4.78 is 4.95. The van der Waals surface area contributed by atoms with E-state index in [0.717, 1.165) is 0 Å². The quantitative estimate of drug-likeness (QED) is 0.838. The molecule has 0 spiro atoms. The van der Waals surface area contributed by atoms with Crippen LogP contribution in [-0.4, -0.2) is 58.0 Å². The number of carbonyl (C=O) groups excluding carboxylic acids is 2. The number of ether oxygens (including phenoxy) is 1. The number of carbonyl (C=O) groups is 2. The van der Waals surface area contributed by atoms with Crippen molar-refractivity contribution < 1.29 is 14.3 Å². The summed E-state index contributed by atoms with van der Waals surface area (Å²) in [5.41, 5.74) is 0.893. The number of hydrogen-bond donors (Lipinski definition) is 2. The third-order valence-electron chi connectivity index (χ3n) is 3.29. The minimum atomic E-state index is -0.287. The predicted octanol–water partition coefficient (Wildman–Crippen LogP) is 0.464. The third-order valence-corrected chi connectivity index (χ3v) is 3.29. The number of aromatic amines is 1.